The van der Waals surface area contributed by atoms with Crippen molar-refractivity contribution in [2.24, 2.45) is 17.8 Å². The Morgan fingerprint density at radius 1 is 0.974 bits per heavy atom. The third-order valence-corrected chi connectivity index (χ3v) is 7.54. The molecule has 2 fully saturated rings. The lowest BCUT2D eigenvalue weighted by molar-refractivity contribution is 0.0942. The van der Waals surface area contributed by atoms with Crippen molar-refractivity contribution >= 4 is 22.9 Å². The van der Waals surface area contributed by atoms with Crippen LogP contribution in [0.4, 0.5) is 4.79 Å². The van der Waals surface area contributed by atoms with Crippen LogP contribution in [0.25, 0.3) is 22.2 Å². The van der Waals surface area contributed by atoms with Crippen LogP contribution in [0.15, 0.2) is 48.7 Å². The van der Waals surface area contributed by atoms with E-state index in [-0.39, 0.29) is 5.91 Å². The predicted octanol–water partition coefficient (Wildman–Crippen LogP) is 4.52. The topological polar surface area (TPSA) is 123 Å². The van der Waals surface area contributed by atoms with Crippen molar-refractivity contribution in [1.29, 1.82) is 0 Å². The number of ether oxygens (including phenoxy) is 2. The van der Waals surface area contributed by atoms with E-state index in [0.29, 0.717) is 54.6 Å². The minimum atomic E-state index is -0.974. The van der Waals surface area contributed by atoms with Gasteiger partial charge in [-0.3, -0.25) is 4.79 Å². The second-order valence-electron chi connectivity index (χ2n) is 10.3. The molecule has 1 unspecified atom stereocenters. The van der Waals surface area contributed by atoms with Gasteiger partial charge in [-0.2, -0.15) is 0 Å². The number of nitrogens with zero attached hydrogens (tertiary/aromatic N) is 2. The van der Waals surface area contributed by atoms with Gasteiger partial charge in [0, 0.05) is 48.8 Å². The van der Waals surface area contributed by atoms with Crippen LogP contribution in [0.5, 0.6) is 5.88 Å². The van der Waals surface area contributed by atoms with Crippen LogP contribution in [0.1, 0.15) is 42.5 Å². The van der Waals surface area contributed by atoms with Crippen molar-refractivity contribution in [3.63, 3.8) is 0 Å². The number of hydrogen-bond donors (Lipinski definition) is 3. The monoisotopic (exact) mass is 518 g/mol. The van der Waals surface area contributed by atoms with Gasteiger partial charge in [-0.25, -0.2) is 14.8 Å². The van der Waals surface area contributed by atoms with E-state index in [1.165, 1.54) is 0 Å². The van der Waals surface area contributed by atoms with Crippen LogP contribution in [-0.4, -0.2) is 60.0 Å². The Morgan fingerprint density at radius 3 is 2.42 bits per heavy atom. The highest BCUT2D eigenvalue weighted by molar-refractivity contribution is 6.07. The third kappa shape index (κ3) is 6.58. The average molecular weight is 519 g/mol. The van der Waals surface area contributed by atoms with Crippen molar-refractivity contribution in [1.82, 2.24) is 20.6 Å². The lowest BCUT2D eigenvalue weighted by atomic mass is 9.82. The molecule has 0 spiro atoms. The smallest absolute Gasteiger partial charge is 0.404 e. The van der Waals surface area contributed by atoms with E-state index < -0.39 is 6.09 Å². The largest absolute Gasteiger partial charge is 0.477 e. The summed E-state index contributed by atoms with van der Waals surface area (Å²) in [6.07, 6.45) is 5.64. The summed E-state index contributed by atoms with van der Waals surface area (Å²) in [6, 6.07) is 13.3. The molecule has 3 N–H and O–H groups in total. The highest BCUT2D eigenvalue weighted by atomic mass is 16.5. The Morgan fingerprint density at radius 2 is 1.74 bits per heavy atom. The van der Waals surface area contributed by atoms with Crippen molar-refractivity contribution in [3.8, 4) is 17.1 Å². The van der Waals surface area contributed by atoms with Gasteiger partial charge in [-0.1, -0.05) is 18.2 Å². The van der Waals surface area contributed by atoms with E-state index in [2.05, 4.69) is 15.6 Å². The van der Waals surface area contributed by atoms with Crippen LogP contribution in [0.2, 0.25) is 0 Å². The number of amides is 2. The molecule has 1 saturated heterocycles. The minimum absolute atomic E-state index is 0.119. The predicted molar refractivity (Wildman–Crippen MR) is 143 cm³/mol. The number of aromatic nitrogens is 2. The Kier molecular flexibility index (Phi) is 8.33. The van der Waals surface area contributed by atoms with Gasteiger partial charge in [0.15, 0.2) is 0 Å². The van der Waals surface area contributed by atoms with E-state index >= 15 is 0 Å². The maximum atomic E-state index is 13.3. The van der Waals surface area contributed by atoms with Gasteiger partial charge in [0.05, 0.1) is 30.0 Å². The van der Waals surface area contributed by atoms with Gasteiger partial charge in [-0.05, 0) is 62.1 Å². The molecule has 200 valence electrons. The van der Waals surface area contributed by atoms with E-state index in [4.69, 9.17) is 19.6 Å². The molecule has 9 heteroatoms. The number of hydrogen-bond acceptors (Lipinski definition) is 6. The summed E-state index contributed by atoms with van der Waals surface area (Å²) < 4.78 is 11.2. The standard InChI is InChI=1S/C29H34N4O5/c34-28(31-14-19-5-7-20(8-6-19)15-32-29(35)36)24-13-26(33-25-4-2-1-3-23(24)25)22-9-10-27(30-16-22)38-18-21-11-12-37-17-21/h1-4,9-10,13,16,19-21,32H,5-8,11-12,14-15,17-18H2,(H,31,34)(H,35,36)/t19-,20-,21?. The Hall–Kier alpha value is -3.72. The van der Waals surface area contributed by atoms with Crippen LogP contribution >= 0.6 is 0 Å². The third-order valence-electron chi connectivity index (χ3n) is 7.54. The summed E-state index contributed by atoms with van der Waals surface area (Å²) in [7, 11) is 0. The zero-order valence-electron chi connectivity index (χ0n) is 21.4. The summed E-state index contributed by atoms with van der Waals surface area (Å²) in [5.41, 5.74) is 2.84. The van der Waals surface area contributed by atoms with Crippen molar-refractivity contribution in [2.75, 3.05) is 32.9 Å². The van der Waals surface area contributed by atoms with Crippen LogP contribution in [0.3, 0.4) is 0 Å². The summed E-state index contributed by atoms with van der Waals surface area (Å²) >= 11 is 0. The molecule has 2 amide bonds. The normalized spacial score (nSPS) is 21.2. The molecular formula is C29H34N4O5. The first-order valence-corrected chi connectivity index (χ1v) is 13.4. The fraction of sp³-hybridized carbons (Fsp3) is 0.448. The SMILES string of the molecule is O=C(O)NC[C@H]1CC[C@H](CNC(=O)c2cc(-c3ccc(OCC4CCOC4)nc3)nc3ccccc23)CC1. The summed E-state index contributed by atoms with van der Waals surface area (Å²) in [4.78, 5) is 33.3. The zero-order chi connectivity index (χ0) is 26.3. The molecule has 3 heterocycles. The molecule has 5 rings (SSSR count). The Labute approximate surface area is 222 Å². The second-order valence-corrected chi connectivity index (χ2v) is 10.3. The second kappa shape index (κ2) is 12.2. The number of benzene rings is 1. The molecule has 1 saturated carbocycles. The van der Waals surface area contributed by atoms with Crippen molar-refractivity contribution in [2.45, 2.75) is 32.1 Å². The summed E-state index contributed by atoms with van der Waals surface area (Å²) in [5.74, 6) is 1.61. The first-order valence-electron chi connectivity index (χ1n) is 13.4. The zero-order valence-corrected chi connectivity index (χ0v) is 21.4. The first-order chi connectivity index (χ1) is 18.5. The molecule has 1 atom stereocenters. The molecule has 2 aromatic heterocycles. The number of carbonyl (C=O) groups is 2. The van der Waals surface area contributed by atoms with Crippen LogP contribution in [0, 0.1) is 17.8 Å². The van der Waals surface area contributed by atoms with E-state index in [0.717, 1.165) is 61.8 Å². The van der Waals surface area contributed by atoms with Gasteiger partial charge in [0.25, 0.3) is 5.91 Å². The molecule has 0 bridgehead atoms. The quantitative estimate of drug-likeness (QED) is 0.381. The van der Waals surface area contributed by atoms with Gasteiger partial charge in [0.2, 0.25) is 5.88 Å². The number of fused-ring (bicyclic) bond motifs is 1. The maximum Gasteiger partial charge on any atom is 0.404 e. The lowest BCUT2D eigenvalue weighted by Crippen LogP contribution is -2.34. The number of rotatable bonds is 9. The molecule has 0 radical (unpaired) electrons. The molecule has 1 aromatic carbocycles. The van der Waals surface area contributed by atoms with E-state index in [1.807, 2.05) is 42.5 Å². The molecule has 1 aliphatic carbocycles. The van der Waals surface area contributed by atoms with E-state index in [1.54, 1.807) is 6.20 Å². The molecule has 1 aliphatic heterocycles. The minimum Gasteiger partial charge on any atom is -0.477 e. The molecule has 9 nitrogen and oxygen atoms in total. The van der Waals surface area contributed by atoms with Crippen LogP contribution in [-0.2, 0) is 4.74 Å². The summed E-state index contributed by atoms with van der Waals surface area (Å²) in [5, 5.41) is 15.2. The fourth-order valence-corrected chi connectivity index (χ4v) is 5.25. The Bertz CT molecular complexity index is 1250. The number of pyridine rings is 2. The number of nitrogens with one attached hydrogen (secondary N) is 2. The Balaban J connectivity index is 1.24. The highest BCUT2D eigenvalue weighted by Crippen LogP contribution is 2.29. The lowest BCUT2D eigenvalue weighted by Gasteiger charge is -2.28. The summed E-state index contributed by atoms with van der Waals surface area (Å²) in [6.45, 7) is 3.21. The van der Waals surface area contributed by atoms with Crippen molar-refractivity contribution in [3.05, 3.63) is 54.2 Å². The van der Waals surface area contributed by atoms with Gasteiger partial charge in [0.1, 0.15) is 0 Å². The molecule has 38 heavy (non-hydrogen) atoms. The molecule has 2 aliphatic rings. The molecular weight excluding hydrogens is 484 g/mol. The number of para-hydroxylation sites is 1. The first kappa shape index (κ1) is 25.9. The van der Waals surface area contributed by atoms with Gasteiger partial charge >= 0.3 is 6.09 Å². The highest BCUT2D eigenvalue weighted by Gasteiger charge is 2.23. The maximum absolute atomic E-state index is 13.3. The fourth-order valence-electron chi connectivity index (χ4n) is 5.25. The molecule has 3 aromatic rings. The average Bonchev–Trinajstić information content (AvgIpc) is 3.48. The van der Waals surface area contributed by atoms with Gasteiger partial charge < -0.3 is 25.2 Å². The number of carbonyl (C=O) groups excluding carboxylic acids is 1. The van der Waals surface area contributed by atoms with E-state index in [9.17, 15) is 9.59 Å². The van der Waals surface area contributed by atoms with Gasteiger partial charge in [-0.15, -0.1) is 0 Å². The number of carboxylic acid groups (broad SMARTS) is 1. The van der Waals surface area contributed by atoms with Crippen molar-refractivity contribution < 1.29 is 24.2 Å². The van der Waals surface area contributed by atoms with Crippen LogP contribution < -0.4 is 15.4 Å².